The number of halogens is 1. The van der Waals surface area contributed by atoms with E-state index in [0.29, 0.717) is 37.3 Å². The number of fused-ring (bicyclic) bond motifs is 1. The number of H-pyrrole nitrogens is 1. The molecule has 9 heteroatoms. The van der Waals surface area contributed by atoms with Crippen molar-refractivity contribution >= 4 is 26.8 Å². The summed E-state index contributed by atoms with van der Waals surface area (Å²) in [5, 5.41) is 0. The SMILES string of the molecule is O=c1[nH]c2cc(S(=O)(=O)N3CCN(c4ccc(F)cc4)CC3)ccc2o1. The van der Waals surface area contributed by atoms with Gasteiger partial charge in [-0.3, -0.25) is 4.98 Å². The molecule has 1 N–H and O–H groups in total. The van der Waals surface area contributed by atoms with Gasteiger partial charge in [0.15, 0.2) is 5.58 Å². The molecule has 4 rings (SSSR count). The molecule has 0 atom stereocenters. The standard InChI is InChI=1S/C17H16FN3O4S/c18-12-1-3-13(4-2-12)20-7-9-21(10-8-20)26(23,24)14-5-6-16-15(11-14)19-17(22)25-16/h1-6,11H,7-10H2,(H,19,22). The fourth-order valence-corrected chi connectivity index (χ4v) is 4.53. The molecule has 1 aliphatic rings. The van der Waals surface area contributed by atoms with E-state index in [4.69, 9.17) is 4.42 Å². The topological polar surface area (TPSA) is 86.6 Å². The number of nitrogens with one attached hydrogen (secondary N) is 1. The summed E-state index contributed by atoms with van der Waals surface area (Å²) in [4.78, 5) is 15.8. The van der Waals surface area contributed by atoms with E-state index in [1.807, 2.05) is 4.90 Å². The molecule has 0 radical (unpaired) electrons. The number of anilines is 1. The summed E-state index contributed by atoms with van der Waals surface area (Å²) in [5.41, 5.74) is 1.52. The summed E-state index contributed by atoms with van der Waals surface area (Å²) >= 11 is 0. The molecule has 1 fully saturated rings. The van der Waals surface area contributed by atoms with Gasteiger partial charge >= 0.3 is 5.76 Å². The van der Waals surface area contributed by atoms with Crippen molar-refractivity contribution in [2.24, 2.45) is 0 Å². The molecule has 2 aromatic carbocycles. The first-order chi connectivity index (χ1) is 12.4. The van der Waals surface area contributed by atoms with Gasteiger partial charge < -0.3 is 9.32 Å². The molecule has 3 aromatic rings. The zero-order valence-corrected chi connectivity index (χ0v) is 14.5. The molecule has 26 heavy (non-hydrogen) atoms. The van der Waals surface area contributed by atoms with Crippen molar-refractivity contribution in [2.75, 3.05) is 31.1 Å². The highest BCUT2D eigenvalue weighted by Gasteiger charge is 2.29. The minimum absolute atomic E-state index is 0.109. The Bertz CT molecular complexity index is 1100. The van der Waals surface area contributed by atoms with Crippen LogP contribution >= 0.6 is 0 Å². The number of hydrogen-bond acceptors (Lipinski definition) is 5. The number of oxazole rings is 1. The molecule has 0 saturated carbocycles. The zero-order chi connectivity index (χ0) is 18.3. The number of piperazine rings is 1. The lowest BCUT2D eigenvalue weighted by Gasteiger charge is -2.35. The Morgan fingerprint density at radius 3 is 2.38 bits per heavy atom. The van der Waals surface area contributed by atoms with Gasteiger partial charge in [0.2, 0.25) is 10.0 Å². The van der Waals surface area contributed by atoms with Crippen LogP contribution in [0, 0.1) is 5.82 Å². The van der Waals surface area contributed by atoms with E-state index < -0.39 is 15.8 Å². The van der Waals surface area contributed by atoms with E-state index in [-0.39, 0.29) is 10.7 Å². The maximum absolute atomic E-state index is 13.0. The second kappa shape index (κ2) is 6.26. The number of rotatable bonds is 3. The van der Waals surface area contributed by atoms with Crippen LogP contribution in [0.4, 0.5) is 10.1 Å². The van der Waals surface area contributed by atoms with Gasteiger partial charge in [0.1, 0.15) is 5.82 Å². The molecule has 0 spiro atoms. The van der Waals surface area contributed by atoms with E-state index in [0.717, 1.165) is 5.69 Å². The monoisotopic (exact) mass is 377 g/mol. The van der Waals surface area contributed by atoms with Crippen molar-refractivity contribution in [1.82, 2.24) is 9.29 Å². The van der Waals surface area contributed by atoms with Crippen LogP contribution in [0.25, 0.3) is 11.1 Å². The second-order valence-electron chi connectivity index (χ2n) is 6.04. The Balaban J connectivity index is 1.53. The smallest absolute Gasteiger partial charge is 0.408 e. The van der Waals surface area contributed by atoms with Crippen LogP contribution in [-0.2, 0) is 10.0 Å². The fraction of sp³-hybridized carbons (Fsp3) is 0.235. The first-order valence-corrected chi connectivity index (χ1v) is 9.51. The molecule has 7 nitrogen and oxygen atoms in total. The number of aromatic nitrogens is 1. The molecular weight excluding hydrogens is 361 g/mol. The van der Waals surface area contributed by atoms with Crippen LogP contribution in [-0.4, -0.2) is 43.9 Å². The fourth-order valence-electron chi connectivity index (χ4n) is 3.08. The lowest BCUT2D eigenvalue weighted by atomic mass is 10.2. The highest BCUT2D eigenvalue weighted by atomic mass is 32.2. The Morgan fingerprint density at radius 2 is 1.69 bits per heavy atom. The van der Waals surface area contributed by atoms with Gasteiger partial charge in [-0.2, -0.15) is 4.31 Å². The lowest BCUT2D eigenvalue weighted by Crippen LogP contribution is -2.48. The quantitative estimate of drug-likeness (QED) is 0.752. The molecule has 2 heterocycles. The van der Waals surface area contributed by atoms with Crippen molar-refractivity contribution < 1.29 is 17.2 Å². The third kappa shape index (κ3) is 2.99. The normalized spacial score (nSPS) is 16.3. The molecule has 1 aliphatic heterocycles. The van der Waals surface area contributed by atoms with Crippen molar-refractivity contribution in [1.29, 1.82) is 0 Å². The van der Waals surface area contributed by atoms with Gasteiger partial charge in [0, 0.05) is 31.9 Å². The zero-order valence-electron chi connectivity index (χ0n) is 13.7. The minimum atomic E-state index is -3.67. The van der Waals surface area contributed by atoms with Gasteiger partial charge in [-0.05, 0) is 42.5 Å². The molecule has 0 unspecified atom stereocenters. The molecular formula is C17H16FN3O4S. The average Bonchev–Trinajstić information content (AvgIpc) is 3.01. The second-order valence-corrected chi connectivity index (χ2v) is 7.98. The van der Waals surface area contributed by atoms with E-state index in [1.165, 1.54) is 34.6 Å². The van der Waals surface area contributed by atoms with Crippen molar-refractivity contribution in [3.05, 3.63) is 58.8 Å². The molecule has 1 saturated heterocycles. The highest BCUT2D eigenvalue weighted by Crippen LogP contribution is 2.23. The van der Waals surface area contributed by atoms with Crippen molar-refractivity contribution in [3.8, 4) is 0 Å². The summed E-state index contributed by atoms with van der Waals surface area (Å²) in [6.07, 6.45) is 0. The summed E-state index contributed by atoms with van der Waals surface area (Å²) in [6, 6.07) is 10.4. The number of aromatic amines is 1. The molecule has 0 bridgehead atoms. The summed E-state index contributed by atoms with van der Waals surface area (Å²) in [5.74, 6) is -0.926. The van der Waals surface area contributed by atoms with Crippen molar-refractivity contribution in [2.45, 2.75) is 4.90 Å². The van der Waals surface area contributed by atoms with E-state index in [2.05, 4.69) is 4.98 Å². The van der Waals surface area contributed by atoms with Crippen LogP contribution in [0.1, 0.15) is 0 Å². The Labute approximate surface area is 148 Å². The van der Waals surface area contributed by atoms with Gasteiger partial charge in [0.05, 0.1) is 10.4 Å². The Morgan fingerprint density at radius 1 is 1.00 bits per heavy atom. The van der Waals surface area contributed by atoms with Crippen LogP contribution in [0.3, 0.4) is 0 Å². The third-order valence-electron chi connectivity index (χ3n) is 4.46. The van der Waals surface area contributed by atoms with Gasteiger partial charge in [-0.25, -0.2) is 17.6 Å². The number of hydrogen-bond donors (Lipinski definition) is 1. The van der Waals surface area contributed by atoms with Crippen molar-refractivity contribution in [3.63, 3.8) is 0 Å². The van der Waals surface area contributed by atoms with E-state index >= 15 is 0 Å². The van der Waals surface area contributed by atoms with Gasteiger partial charge in [-0.1, -0.05) is 0 Å². The van der Waals surface area contributed by atoms with E-state index in [1.54, 1.807) is 12.1 Å². The molecule has 0 amide bonds. The van der Waals surface area contributed by atoms with E-state index in [9.17, 15) is 17.6 Å². The minimum Gasteiger partial charge on any atom is -0.408 e. The predicted molar refractivity (Wildman–Crippen MR) is 94.2 cm³/mol. The van der Waals surface area contributed by atoms with Crippen LogP contribution in [0.15, 0.2) is 56.6 Å². The molecule has 1 aromatic heterocycles. The summed E-state index contributed by atoms with van der Waals surface area (Å²) in [6.45, 7) is 1.66. The predicted octanol–water partition coefficient (Wildman–Crippen LogP) is 1.77. The molecule has 136 valence electrons. The first kappa shape index (κ1) is 16.8. The number of sulfonamides is 1. The largest absolute Gasteiger partial charge is 0.417 e. The average molecular weight is 377 g/mol. The van der Waals surface area contributed by atoms with Crippen LogP contribution in [0.2, 0.25) is 0 Å². The Hall–Kier alpha value is -2.65. The number of benzene rings is 2. The molecule has 0 aliphatic carbocycles. The van der Waals surface area contributed by atoms with Gasteiger partial charge in [-0.15, -0.1) is 0 Å². The Kier molecular flexibility index (Phi) is 4.04. The van der Waals surface area contributed by atoms with Crippen LogP contribution in [0.5, 0.6) is 0 Å². The summed E-state index contributed by atoms with van der Waals surface area (Å²) in [7, 11) is -3.67. The summed E-state index contributed by atoms with van der Waals surface area (Å²) < 4.78 is 45.1. The van der Waals surface area contributed by atoms with Crippen LogP contribution < -0.4 is 10.7 Å². The van der Waals surface area contributed by atoms with Gasteiger partial charge in [0.25, 0.3) is 0 Å². The first-order valence-electron chi connectivity index (χ1n) is 8.07. The third-order valence-corrected chi connectivity index (χ3v) is 6.35. The lowest BCUT2D eigenvalue weighted by molar-refractivity contribution is 0.385. The maximum Gasteiger partial charge on any atom is 0.417 e. The number of nitrogens with zero attached hydrogens (tertiary/aromatic N) is 2. The highest BCUT2D eigenvalue weighted by molar-refractivity contribution is 7.89. The maximum atomic E-state index is 13.0.